The van der Waals surface area contributed by atoms with Crippen molar-refractivity contribution in [2.24, 2.45) is 0 Å². The first kappa shape index (κ1) is 12.2. The summed E-state index contributed by atoms with van der Waals surface area (Å²) in [5, 5.41) is 3.83. The van der Waals surface area contributed by atoms with Crippen molar-refractivity contribution in [3.8, 4) is 0 Å². The van der Waals surface area contributed by atoms with Gasteiger partial charge in [0, 0.05) is 11.5 Å². The zero-order valence-electron chi connectivity index (χ0n) is 11.3. The molecule has 1 saturated heterocycles. The SMILES string of the molecule is c1ccc(C2(C3CCCCN3)CCCCC2)cc1. The summed E-state index contributed by atoms with van der Waals surface area (Å²) in [6.07, 6.45) is 11.2. The first-order valence-corrected chi connectivity index (χ1v) is 7.71. The molecule has 0 spiro atoms. The zero-order valence-corrected chi connectivity index (χ0v) is 11.3. The number of hydrogen-bond acceptors (Lipinski definition) is 1. The van der Waals surface area contributed by atoms with Crippen molar-refractivity contribution in [3.05, 3.63) is 35.9 Å². The van der Waals surface area contributed by atoms with Crippen LogP contribution in [0, 0.1) is 0 Å². The molecule has 1 nitrogen and oxygen atoms in total. The fourth-order valence-electron chi connectivity index (χ4n) is 4.11. The number of hydrogen-bond donors (Lipinski definition) is 1. The second kappa shape index (κ2) is 5.44. The lowest BCUT2D eigenvalue weighted by Crippen LogP contribution is -2.51. The van der Waals surface area contributed by atoms with Gasteiger partial charge >= 0.3 is 0 Å². The lowest BCUT2D eigenvalue weighted by molar-refractivity contribution is 0.185. The Morgan fingerprint density at radius 2 is 1.67 bits per heavy atom. The monoisotopic (exact) mass is 243 g/mol. The summed E-state index contributed by atoms with van der Waals surface area (Å²) in [6.45, 7) is 1.22. The van der Waals surface area contributed by atoms with E-state index >= 15 is 0 Å². The Bertz CT molecular complexity index is 358. The quantitative estimate of drug-likeness (QED) is 0.827. The molecule has 1 aromatic rings. The first-order valence-electron chi connectivity index (χ1n) is 7.71. The van der Waals surface area contributed by atoms with Crippen LogP contribution in [0.25, 0.3) is 0 Å². The summed E-state index contributed by atoms with van der Waals surface area (Å²) in [5.74, 6) is 0. The third-order valence-corrected chi connectivity index (χ3v) is 5.07. The minimum Gasteiger partial charge on any atom is -0.313 e. The van der Waals surface area contributed by atoms with Crippen LogP contribution in [0.4, 0.5) is 0 Å². The van der Waals surface area contributed by atoms with Gasteiger partial charge in [0.25, 0.3) is 0 Å². The highest BCUT2D eigenvalue weighted by Crippen LogP contribution is 2.44. The maximum atomic E-state index is 3.83. The summed E-state index contributed by atoms with van der Waals surface area (Å²) in [6, 6.07) is 12.0. The molecule has 3 rings (SSSR count). The molecule has 2 fully saturated rings. The number of piperidine rings is 1. The van der Waals surface area contributed by atoms with E-state index in [9.17, 15) is 0 Å². The van der Waals surface area contributed by atoms with Crippen molar-refractivity contribution >= 4 is 0 Å². The Kier molecular flexibility index (Phi) is 3.69. The molecule has 1 aromatic carbocycles. The second-order valence-corrected chi connectivity index (χ2v) is 6.09. The number of rotatable bonds is 2. The average molecular weight is 243 g/mol. The third-order valence-electron chi connectivity index (χ3n) is 5.07. The standard InChI is InChI=1S/C17H25N/c1-3-9-15(10-4-1)17(12-6-2-7-13-17)16-11-5-8-14-18-16/h1,3-4,9-10,16,18H,2,5-8,11-14H2. The predicted molar refractivity (Wildman–Crippen MR) is 76.8 cm³/mol. The van der Waals surface area contributed by atoms with Crippen LogP contribution in [0.5, 0.6) is 0 Å². The van der Waals surface area contributed by atoms with Crippen LogP contribution in [-0.2, 0) is 5.41 Å². The van der Waals surface area contributed by atoms with Crippen LogP contribution in [-0.4, -0.2) is 12.6 Å². The summed E-state index contributed by atoms with van der Waals surface area (Å²) in [5.41, 5.74) is 2.02. The van der Waals surface area contributed by atoms with Gasteiger partial charge in [-0.15, -0.1) is 0 Å². The number of benzene rings is 1. The highest BCUT2D eigenvalue weighted by molar-refractivity contribution is 5.28. The molecule has 0 bridgehead atoms. The molecule has 0 amide bonds. The zero-order chi connectivity index (χ0) is 12.3. The molecule has 1 heterocycles. The molecule has 1 heteroatoms. The molecule has 0 radical (unpaired) electrons. The Morgan fingerprint density at radius 1 is 0.889 bits per heavy atom. The molecule has 18 heavy (non-hydrogen) atoms. The molecule has 0 aromatic heterocycles. The molecule has 1 aliphatic heterocycles. The first-order chi connectivity index (χ1) is 8.92. The summed E-state index contributed by atoms with van der Waals surface area (Å²) < 4.78 is 0. The van der Waals surface area contributed by atoms with Crippen LogP contribution < -0.4 is 5.32 Å². The van der Waals surface area contributed by atoms with Gasteiger partial charge < -0.3 is 5.32 Å². The highest BCUT2D eigenvalue weighted by atomic mass is 14.9. The van der Waals surface area contributed by atoms with Crippen LogP contribution >= 0.6 is 0 Å². The smallest absolute Gasteiger partial charge is 0.0164 e. The molecule has 1 atom stereocenters. The van der Waals surface area contributed by atoms with E-state index in [0.29, 0.717) is 11.5 Å². The van der Waals surface area contributed by atoms with Crippen LogP contribution in [0.1, 0.15) is 56.9 Å². The maximum Gasteiger partial charge on any atom is 0.0164 e. The van der Waals surface area contributed by atoms with Gasteiger partial charge in [-0.2, -0.15) is 0 Å². The molecule has 1 saturated carbocycles. The van der Waals surface area contributed by atoms with Crippen molar-refractivity contribution in [3.63, 3.8) is 0 Å². The van der Waals surface area contributed by atoms with Gasteiger partial charge in [-0.25, -0.2) is 0 Å². The summed E-state index contributed by atoms with van der Waals surface area (Å²) >= 11 is 0. The fourth-order valence-corrected chi connectivity index (χ4v) is 4.11. The van der Waals surface area contributed by atoms with E-state index < -0.39 is 0 Å². The van der Waals surface area contributed by atoms with E-state index in [-0.39, 0.29) is 0 Å². The molecule has 1 unspecified atom stereocenters. The minimum absolute atomic E-state index is 0.430. The van der Waals surface area contributed by atoms with Crippen molar-refractivity contribution in [1.29, 1.82) is 0 Å². The molecular formula is C17H25N. The minimum atomic E-state index is 0.430. The van der Waals surface area contributed by atoms with Crippen molar-refractivity contribution in [2.75, 3.05) is 6.54 Å². The van der Waals surface area contributed by atoms with Gasteiger partial charge in [-0.1, -0.05) is 56.0 Å². The Hall–Kier alpha value is -0.820. The summed E-state index contributed by atoms with van der Waals surface area (Å²) in [4.78, 5) is 0. The van der Waals surface area contributed by atoms with E-state index in [2.05, 4.69) is 35.6 Å². The molecule has 2 aliphatic rings. The Morgan fingerprint density at radius 3 is 2.33 bits per heavy atom. The van der Waals surface area contributed by atoms with Crippen molar-refractivity contribution in [2.45, 2.75) is 62.8 Å². The second-order valence-electron chi connectivity index (χ2n) is 6.09. The lowest BCUT2D eigenvalue weighted by atomic mass is 9.63. The lowest BCUT2D eigenvalue weighted by Gasteiger charge is -2.46. The average Bonchev–Trinajstić information content (AvgIpc) is 2.50. The third kappa shape index (κ3) is 2.21. The van der Waals surface area contributed by atoms with Gasteiger partial charge in [-0.3, -0.25) is 0 Å². The largest absolute Gasteiger partial charge is 0.313 e. The summed E-state index contributed by atoms with van der Waals surface area (Å²) in [7, 11) is 0. The Balaban J connectivity index is 1.92. The van der Waals surface area contributed by atoms with E-state index in [1.165, 1.54) is 57.9 Å². The maximum absolute atomic E-state index is 3.83. The number of nitrogens with one attached hydrogen (secondary N) is 1. The van der Waals surface area contributed by atoms with Crippen LogP contribution in [0.2, 0.25) is 0 Å². The van der Waals surface area contributed by atoms with Crippen LogP contribution in [0.3, 0.4) is 0 Å². The van der Waals surface area contributed by atoms with Gasteiger partial charge in [0.05, 0.1) is 0 Å². The highest BCUT2D eigenvalue weighted by Gasteiger charge is 2.41. The van der Waals surface area contributed by atoms with Gasteiger partial charge in [0.1, 0.15) is 0 Å². The fraction of sp³-hybridized carbons (Fsp3) is 0.647. The molecule has 1 aliphatic carbocycles. The molecule has 98 valence electrons. The van der Waals surface area contributed by atoms with E-state index in [1.807, 2.05) is 0 Å². The molecule has 1 N–H and O–H groups in total. The predicted octanol–water partition coefficient (Wildman–Crippen LogP) is 4.03. The van der Waals surface area contributed by atoms with Gasteiger partial charge in [0.15, 0.2) is 0 Å². The normalized spacial score (nSPS) is 27.9. The van der Waals surface area contributed by atoms with Crippen molar-refractivity contribution < 1.29 is 0 Å². The van der Waals surface area contributed by atoms with Crippen molar-refractivity contribution in [1.82, 2.24) is 5.32 Å². The van der Waals surface area contributed by atoms with E-state index in [0.717, 1.165) is 0 Å². The van der Waals surface area contributed by atoms with E-state index in [1.54, 1.807) is 5.56 Å². The van der Waals surface area contributed by atoms with Crippen LogP contribution in [0.15, 0.2) is 30.3 Å². The van der Waals surface area contributed by atoms with Gasteiger partial charge in [-0.05, 0) is 37.8 Å². The topological polar surface area (TPSA) is 12.0 Å². The van der Waals surface area contributed by atoms with E-state index in [4.69, 9.17) is 0 Å². The van der Waals surface area contributed by atoms with Gasteiger partial charge in [0.2, 0.25) is 0 Å². The molecular weight excluding hydrogens is 218 g/mol. The Labute approximate surface area is 111 Å².